The summed E-state index contributed by atoms with van der Waals surface area (Å²) in [5, 5.41) is 3.62. The second-order valence-electron chi connectivity index (χ2n) is 6.35. The van der Waals surface area contributed by atoms with Gasteiger partial charge in [-0.2, -0.15) is 0 Å². The molecule has 0 heterocycles. The van der Waals surface area contributed by atoms with Crippen LogP contribution in [0.1, 0.15) is 32.8 Å². The third-order valence-electron chi connectivity index (χ3n) is 3.00. The lowest BCUT2D eigenvalue weighted by molar-refractivity contribution is -0.145. The van der Waals surface area contributed by atoms with Gasteiger partial charge in [-0.15, -0.1) is 0 Å². The summed E-state index contributed by atoms with van der Waals surface area (Å²) in [6.07, 6.45) is 3.37. The van der Waals surface area contributed by atoms with E-state index in [1.54, 1.807) is 24.3 Å². The molecule has 6 heteroatoms. The average Bonchev–Trinajstić information content (AvgIpc) is 2.43. The highest BCUT2D eigenvalue weighted by Gasteiger charge is 2.26. The number of rotatable bonds is 5. The molecule has 1 aromatic rings. The first kappa shape index (κ1) is 19.5. The number of hydrogen-bond acceptors (Lipinski definition) is 3. The smallest absolute Gasteiger partial charge is 0.328 e. The first-order chi connectivity index (χ1) is 10.6. The Labute approximate surface area is 146 Å². The van der Waals surface area contributed by atoms with Crippen molar-refractivity contribution in [2.24, 2.45) is 5.41 Å². The maximum absolute atomic E-state index is 12.0. The Bertz CT molecular complexity index is 606. The molecule has 0 bridgehead atoms. The summed E-state index contributed by atoms with van der Waals surface area (Å²) in [5.74, 6) is -0.859. The Morgan fingerprint density at radius 1 is 1.30 bits per heavy atom. The minimum absolute atomic E-state index is 0.130. The lowest BCUT2D eigenvalue weighted by Crippen LogP contribution is -2.43. The maximum Gasteiger partial charge on any atom is 0.328 e. The number of esters is 1. The average molecular weight is 358 g/mol. The number of ether oxygens (including phenoxy) is 1. The van der Waals surface area contributed by atoms with Gasteiger partial charge < -0.3 is 10.1 Å². The quantitative estimate of drug-likeness (QED) is 0.637. The van der Waals surface area contributed by atoms with Gasteiger partial charge in [0, 0.05) is 16.1 Å². The van der Waals surface area contributed by atoms with Crippen LogP contribution < -0.4 is 5.32 Å². The molecule has 0 saturated heterocycles. The van der Waals surface area contributed by atoms with Gasteiger partial charge >= 0.3 is 5.97 Å². The summed E-state index contributed by atoms with van der Waals surface area (Å²) in [5.41, 5.74) is 0.534. The summed E-state index contributed by atoms with van der Waals surface area (Å²) in [6, 6.07) is 4.29. The standard InChI is InChI=1S/C17H21Cl2NO3/c1-17(2,3)10-14(16(22)23-4)20-15(21)8-6-11-5-7-12(18)9-13(11)19/h5-9,14H,10H2,1-4H3,(H,20,21). The lowest BCUT2D eigenvalue weighted by Gasteiger charge is -2.24. The predicted molar refractivity (Wildman–Crippen MR) is 93.5 cm³/mol. The van der Waals surface area contributed by atoms with Crippen LogP contribution in [-0.2, 0) is 14.3 Å². The molecule has 0 fully saturated rings. The molecular formula is C17H21Cl2NO3. The van der Waals surface area contributed by atoms with Gasteiger partial charge in [0.2, 0.25) is 5.91 Å². The van der Waals surface area contributed by atoms with Crippen LogP contribution >= 0.6 is 23.2 Å². The fourth-order valence-corrected chi connectivity index (χ4v) is 2.44. The molecule has 1 N–H and O–H groups in total. The molecule has 0 aliphatic carbocycles. The van der Waals surface area contributed by atoms with Gasteiger partial charge in [0.15, 0.2) is 0 Å². The summed E-state index contributed by atoms with van der Waals surface area (Å²) >= 11 is 11.9. The molecule has 23 heavy (non-hydrogen) atoms. The second-order valence-corrected chi connectivity index (χ2v) is 7.19. The van der Waals surface area contributed by atoms with Gasteiger partial charge in [0.25, 0.3) is 0 Å². The highest BCUT2D eigenvalue weighted by atomic mass is 35.5. The van der Waals surface area contributed by atoms with E-state index in [1.807, 2.05) is 20.8 Å². The highest BCUT2D eigenvalue weighted by molar-refractivity contribution is 6.35. The largest absolute Gasteiger partial charge is 0.467 e. The summed E-state index contributed by atoms with van der Waals surface area (Å²) < 4.78 is 4.74. The van der Waals surface area contributed by atoms with Crippen molar-refractivity contribution in [2.45, 2.75) is 33.2 Å². The van der Waals surface area contributed by atoms with Crippen molar-refractivity contribution in [1.29, 1.82) is 0 Å². The predicted octanol–water partition coefficient (Wildman–Crippen LogP) is 4.10. The maximum atomic E-state index is 12.0. The first-order valence-corrected chi connectivity index (χ1v) is 7.89. The van der Waals surface area contributed by atoms with E-state index in [1.165, 1.54) is 13.2 Å². The minimum atomic E-state index is -0.696. The van der Waals surface area contributed by atoms with Gasteiger partial charge in [-0.25, -0.2) is 4.79 Å². The molecule has 126 valence electrons. The number of amides is 1. The molecule has 0 saturated carbocycles. The van der Waals surface area contributed by atoms with E-state index in [-0.39, 0.29) is 5.41 Å². The number of nitrogens with one attached hydrogen (secondary N) is 1. The second kappa shape index (κ2) is 8.37. The highest BCUT2D eigenvalue weighted by Crippen LogP contribution is 2.23. The van der Waals surface area contributed by atoms with E-state index in [0.717, 1.165) is 0 Å². The molecule has 1 aromatic carbocycles. The molecule has 1 atom stereocenters. The molecule has 0 aliphatic heterocycles. The third-order valence-corrected chi connectivity index (χ3v) is 3.56. The van der Waals surface area contributed by atoms with E-state index in [4.69, 9.17) is 27.9 Å². The Balaban J connectivity index is 2.78. The number of carbonyl (C=O) groups is 2. The van der Waals surface area contributed by atoms with Gasteiger partial charge in [0.05, 0.1) is 7.11 Å². The number of halogens is 2. The molecule has 0 aromatic heterocycles. The van der Waals surface area contributed by atoms with Crippen molar-refractivity contribution in [1.82, 2.24) is 5.32 Å². The number of hydrogen-bond donors (Lipinski definition) is 1. The zero-order valence-corrected chi connectivity index (χ0v) is 15.2. The van der Waals surface area contributed by atoms with E-state index in [0.29, 0.717) is 22.0 Å². The van der Waals surface area contributed by atoms with Crippen molar-refractivity contribution in [3.05, 3.63) is 39.9 Å². The van der Waals surface area contributed by atoms with Crippen LogP contribution in [0.5, 0.6) is 0 Å². The van der Waals surface area contributed by atoms with E-state index in [2.05, 4.69) is 5.32 Å². The van der Waals surface area contributed by atoms with E-state index >= 15 is 0 Å². The van der Waals surface area contributed by atoms with Gasteiger partial charge in [-0.3, -0.25) is 4.79 Å². The number of carbonyl (C=O) groups excluding carboxylic acids is 2. The van der Waals surface area contributed by atoms with Crippen LogP contribution in [0.3, 0.4) is 0 Å². The van der Waals surface area contributed by atoms with Crippen LogP contribution in [0.2, 0.25) is 10.0 Å². The molecule has 0 spiro atoms. The molecular weight excluding hydrogens is 337 g/mol. The van der Waals surface area contributed by atoms with Crippen molar-refractivity contribution < 1.29 is 14.3 Å². The molecule has 4 nitrogen and oxygen atoms in total. The topological polar surface area (TPSA) is 55.4 Å². The van der Waals surface area contributed by atoms with Crippen molar-refractivity contribution in [2.75, 3.05) is 7.11 Å². The molecule has 1 rings (SSSR count). The summed E-state index contributed by atoms with van der Waals surface area (Å²) in [4.78, 5) is 23.8. The fourth-order valence-electron chi connectivity index (χ4n) is 1.97. The SMILES string of the molecule is COC(=O)C(CC(C)(C)C)NC(=O)C=Cc1ccc(Cl)cc1Cl. The zero-order valence-electron chi connectivity index (χ0n) is 13.7. The minimum Gasteiger partial charge on any atom is -0.467 e. The van der Waals surface area contributed by atoms with Crippen molar-refractivity contribution in [3.8, 4) is 0 Å². The van der Waals surface area contributed by atoms with Gasteiger partial charge in [0.1, 0.15) is 6.04 Å². The molecule has 0 radical (unpaired) electrons. The van der Waals surface area contributed by atoms with Gasteiger partial charge in [-0.1, -0.05) is 50.0 Å². The van der Waals surface area contributed by atoms with E-state index < -0.39 is 17.9 Å². The Morgan fingerprint density at radius 3 is 2.48 bits per heavy atom. The Hall–Kier alpha value is -1.52. The molecule has 1 amide bonds. The lowest BCUT2D eigenvalue weighted by atomic mass is 9.88. The Morgan fingerprint density at radius 2 is 1.96 bits per heavy atom. The van der Waals surface area contributed by atoms with Crippen LogP contribution in [0, 0.1) is 5.41 Å². The monoisotopic (exact) mass is 357 g/mol. The van der Waals surface area contributed by atoms with Crippen LogP contribution in [0.4, 0.5) is 0 Å². The van der Waals surface area contributed by atoms with Crippen LogP contribution in [0.25, 0.3) is 6.08 Å². The third kappa shape index (κ3) is 7.06. The first-order valence-electron chi connectivity index (χ1n) is 7.14. The number of benzene rings is 1. The fraction of sp³-hybridized carbons (Fsp3) is 0.412. The van der Waals surface area contributed by atoms with Crippen LogP contribution in [0.15, 0.2) is 24.3 Å². The Kier molecular flexibility index (Phi) is 7.10. The van der Waals surface area contributed by atoms with Crippen LogP contribution in [-0.4, -0.2) is 25.0 Å². The van der Waals surface area contributed by atoms with Crippen molar-refractivity contribution in [3.63, 3.8) is 0 Å². The summed E-state index contributed by atoms with van der Waals surface area (Å²) in [6.45, 7) is 5.95. The van der Waals surface area contributed by atoms with E-state index in [9.17, 15) is 9.59 Å². The zero-order chi connectivity index (χ0) is 17.6. The number of methoxy groups -OCH3 is 1. The van der Waals surface area contributed by atoms with Crippen molar-refractivity contribution >= 4 is 41.2 Å². The summed E-state index contributed by atoms with van der Waals surface area (Å²) in [7, 11) is 1.30. The van der Waals surface area contributed by atoms with Gasteiger partial charge in [-0.05, 0) is 35.6 Å². The molecule has 1 unspecified atom stereocenters. The normalized spacial score (nSPS) is 13.0. The molecule has 0 aliphatic rings.